The molecule has 0 aliphatic rings. The third kappa shape index (κ3) is 4.96. The van der Waals surface area contributed by atoms with Crippen molar-refractivity contribution in [3.63, 3.8) is 0 Å². The van der Waals surface area contributed by atoms with Crippen LogP contribution in [0.25, 0.3) is 0 Å². The van der Waals surface area contributed by atoms with Crippen LogP contribution in [0.1, 0.15) is 40.5 Å². The average molecular weight is 220 g/mol. The van der Waals surface area contributed by atoms with Crippen molar-refractivity contribution in [1.29, 1.82) is 0 Å². The molecular weight excluding hydrogens is 196 g/mol. The number of allylic oxidation sites excluding steroid dienone is 5. The van der Waals surface area contributed by atoms with Gasteiger partial charge in [-0.25, -0.2) is 4.99 Å². The molecule has 0 amide bonds. The first-order valence-electron chi connectivity index (χ1n) is 5.95. The second-order valence-corrected chi connectivity index (χ2v) is 3.51. The van der Waals surface area contributed by atoms with E-state index in [1.54, 1.807) is 0 Å². The first-order chi connectivity index (χ1) is 7.71. The van der Waals surface area contributed by atoms with Crippen LogP contribution in [0.5, 0.6) is 0 Å². The number of aliphatic imine (C=N–C) groups is 1. The monoisotopic (exact) mass is 220 g/mol. The van der Waals surface area contributed by atoms with Crippen molar-refractivity contribution in [2.24, 2.45) is 4.99 Å². The Balaban J connectivity index is 5.34. The van der Waals surface area contributed by atoms with E-state index in [1.807, 2.05) is 20.2 Å². The van der Waals surface area contributed by atoms with Crippen LogP contribution in [-0.2, 0) is 0 Å². The summed E-state index contributed by atoms with van der Waals surface area (Å²) < 4.78 is 0. The van der Waals surface area contributed by atoms with Gasteiger partial charge in [-0.05, 0) is 32.3 Å². The molecule has 0 unspecified atom stereocenters. The summed E-state index contributed by atoms with van der Waals surface area (Å²) in [5.74, 6) is 0.925. The molecule has 16 heavy (non-hydrogen) atoms. The molecule has 0 bridgehead atoms. The maximum absolute atomic E-state index is 4.35. The number of nitrogens with zero attached hydrogens (tertiary/aromatic N) is 1. The molecule has 0 aromatic carbocycles. The Bertz CT molecular complexity index is 307. The Morgan fingerprint density at radius 3 is 2.38 bits per heavy atom. The van der Waals surface area contributed by atoms with Gasteiger partial charge >= 0.3 is 0 Å². The zero-order chi connectivity index (χ0) is 12.4. The summed E-state index contributed by atoms with van der Waals surface area (Å²) in [6, 6.07) is 0. The molecule has 0 aromatic rings. The van der Waals surface area contributed by atoms with Crippen LogP contribution in [0.15, 0.2) is 40.2 Å². The number of hydrogen-bond acceptors (Lipinski definition) is 2. The van der Waals surface area contributed by atoms with Crippen molar-refractivity contribution in [2.45, 2.75) is 40.5 Å². The Labute approximate surface area is 99.9 Å². The van der Waals surface area contributed by atoms with Gasteiger partial charge in [-0.3, -0.25) is 0 Å². The van der Waals surface area contributed by atoms with E-state index < -0.39 is 0 Å². The Hall–Kier alpha value is -1.31. The predicted octanol–water partition coefficient (Wildman–Crippen LogP) is 3.83. The minimum Gasteiger partial charge on any atom is -0.373 e. The molecule has 0 heterocycles. The standard InChI is InChI=1S/C14H24N2/c1-6-9-11-13(12(4)10-7-2)14(15-5)16-8-3/h8-11,15H,6-7H2,1-5H3/b11-9-,12-10+,14-13-,16-8-. The van der Waals surface area contributed by atoms with Gasteiger partial charge in [-0.1, -0.05) is 32.1 Å². The molecule has 2 nitrogen and oxygen atoms in total. The second-order valence-electron chi connectivity index (χ2n) is 3.51. The summed E-state index contributed by atoms with van der Waals surface area (Å²) in [6.45, 7) is 8.33. The normalized spacial score (nSPS) is 14.7. The van der Waals surface area contributed by atoms with E-state index in [-0.39, 0.29) is 0 Å². The van der Waals surface area contributed by atoms with E-state index in [0.717, 1.165) is 18.7 Å². The average Bonchev–Trinajstić information content (AvgIpc) is 2.28. The lowest BCUT2D eigenvalue weighted by Crippen LogP contribution is -2.07. The number of rotatable bonds is 6. The Morgan fingerprint density at radius 1 is 1.25 bits per heavy atom. The van der Waals surface area contributed by atoms with Gasteiger partial charge in [0.1, 0.15) is 5.82 Å². The third-order valence-corrected chi connectivity index (χ3v) is 2.21. The minimum atomic E-state index is 0.925. The van der Waals surface area contributed by atoms with Gasteiger partial charge in [-0.2, -0.15) is 0 Å². The van der Waals surface area contributed by atoms with Gasteiger partial charge in [0, 0.05) is 18.8 Å². The highest BCUT2D eigenvalue weighted by molar-refractivity contribution is 5.56. The third-order valence-electron chi connectivity index (χ3n) is 2.21. The Morgan fingerprint density at radius 2 is 1.94 bits per heavy atom. The molecule has 0 rings (SSSR count). The van der Waals surface area contributed by atoms with E-state index in [2.05, 4.69) is 49.3 Å². The highest BCUT2D eigenvalue weighted by Crippen LogP contribution is 2.16. The molecule has 0 atom stereocenters. The predicted molar refractivity (Wildman–Crippen MR) is 73.7 cm³/mol. The molecule has 0 saturated carbocycles. The van der Waals surface area contributed by atoms with Crippen molar-refractivity contribution in [3.8, 4) is 0 Å². The SMILES string of the molecule is C\C=N/C(NC)=C(/C=C\CC)C(\C)=C\CC. The largest absolute Gasteiger partial charge is 0.373 e. The number of hydrogen-bond donors (Lipinski definition) is 1. The van der Waals surface area contributed by atoms with Crippen LogP contribution < -0.4 is 5.32 Å². The van der Waals surface area contributed by atoms with Crippen LogP contribution in [0.4, 0.5) is 0 Å². The van der Waals surface area contributed by atoms with Gasteiger partial charge < -0.3 is 5.32 Å². The smallest absolute Gasteiger partial charge is 0.132 e. The molecule has 1 N–H and O–H groups in total. The fourth-order valence-electron chi connectivity index (χ4n) is 1.45. The van der Waals surface area contributed by atoms with Crippen LogP contribution >= 0.6 is 0 Å². The summed E-state index contributed by atoms with van der Waals surface area (Å²) in [6.07, 6.45) is 10.4. The highest BCUT2D eigenvalue weighted by Gasteiger charge is 2.02. The molecule has 90 valence electrons. The Kier molecular flexibility index (Phi) is 8.22. The van der Waals surface area contributed by atoms with Crippen LogP contribution in [0.2, 0.25) is 0 Å². The van der Waals surface area contributed by atoms with Crippen molar-refractivity contribution in [1.82, 2.24) is 5.32 Å². The first-order valence-corrected chi connectivity index (χ1v) is 5.95. The summed E-state index contributed by atoms with van der Waals surface area (Å²) in [4.78, 5) is 4.35. The highest BCUT2D eigenvalue weighted by atomic mass is 15.0. The van der Waals surface area contributed by atoms with Gasteiger partial charge in [0.25, 0.3) is 0 Å². The lowest BCUT2D eigenvalue weighted by molar-refractivity contribution is 0.946. The molecular formula is C14H24N2. The molecule has 0 aliphatic heterocycles. The van der Waals surface area contributed by atoms with Crippen molar-refractivity contribution in [3.05, 3.63) is 35.2 Å². The van der Waals surface area contributed by atoms with Gasteiger partial charge in [0.15, 0.2) is 0 Å². The fraction of sp³-hybridized carbons (Fsp3) is 0.500. The van der Waals surface area contributed by atoms with Crippen LogP contribution in [0.3, 0.4) is 0 Å². The molecule has 0 fully saturated rings. The van der Waals surface area contributed by atoms with E-state index in [0.29, 0.717) is 0 Å². The fourth-order valence-corrected chi connectivity index (χ4v) is 1.45. The summed E-state index contributed by atoms with van der Waals surface area (Å²) in [7, 11) is 1.90. The summed E-state index contributed by atoms with van der Waals surface area (Å²) in [5.41, 5.74) is 2.44. The zero-order valence-electron chi connectivity index (χ0n) is 11.2. The quantitative estimate of drug-likeness (QED) is 0.534. The zero-order valence-corrected chi connectivity index (χ0v) is 11.2. The molecule has 0 aliphatic carbocycles. The maximum Gasteiger partial charge on any atom is 0.132 e. The topological polar surface area (TPSA) is 24.4 Å². The molecule has 0 saturated heterocycles. The van der Waals surface area contributed by atoms with Gasteiger partial charge in [0.2, 0.25) is 0 Å². The first kappa shape index (κ1) is 14.7. The van der Waals surface area contributed by atoms with Crippen molar-refractivity contribution < 1.29 is 0 Å². The molecule has 0 radical (unpaired) electrons. The molecule has 0 spiro atoms. The number of nitrogens with one attached hydrogen (secondary N) is 1. The van der Waals surface area contributed by atoms with E-state index in [9.17, 15) is 0 Å². The van der Waals surface area contributed by atoms with Crippen LogP contribution in [0, 0.1) is 0 Å². The maximum atomic E-state index is 4.35. The lowest BCUT2D eigenvalue weighted by Gasteiger charge is -2.09. The van der Waals surface area contributed by atoms with E-state index >= 15 is 0 Å². The van der Waals surface area contributed by atoms with Crippen LogP contribution in [-0.4, -0.2) is 13.3 Å². The molecule has 2 heteroatoms. The van der Waals surface area contributed by atoms with Gasteiger partial charge in [-0.15, -0.1) is 0 Å². The second kappa shape index (κ2) is 8.96. The van der Waals surface area contributed by atoms with Crippen molar-refractivity contribution >= 4 is 6.21 Å². The lowest BCUT2D eigenvalue weighted by atomic mass is 10.1. The molecule has 0 aromatic heterocycles. The van der Waals surface area contributed by atoms with E-state index in [4.69, 9.17) is 0 Å². The summed E-state index contributed by atoms with van der Waals surface area (Å²) >= 11 is 0. The van der Waals surface area contributed by atoms with Gasteiger partial charge in [0.05, 0.1) is 0 Å². The summed E-state index contributed by atoms with van der Waals surface area (Å²) in [5, 5.41) is 3.14. The van der Waals surface area contributed by atoms with Crippen molar-refractivity contribution in [2.75, 3.05) is 7.05 Å². The van der Waals surface area contributed by atoms with E-state index in [1.165, 1.54) is 11.1 Å². The minimum absolute atomic E-state index is 0.925.